The van der Waals surface area contributed by atoms with Crippen molar-refractivity contribution in [3.63, 3.8) is 0 Å². The maximum atomic E-state index is 13.4. The standard InChI is InChI=1S/C27H29N3O3/c1-32-25-9-7-21(8-10-25)11-14-29-15-12-24(13-16-29)30(20-26-6-3-17-33-26)27(31)23-5-2-4-22(18-23)19-28/h2-10,17-18,24H,11-16,20H2,1H3. The molecule has 0 saturated carbocycles. The summed E-state index contributed by atoms with van der Waals surface area (Å²) in [6.45, 7) is 3.32. The molecule has 3 aromatic rings. The van der Waals surface area contributed by atoms with Gasteiger partial charge in [0.15, 0.2) is 0 Å². The van der Waals surface area contributed by atoms with E-state index in [-0.39, 0.29) is 11.9 Å². The van der Waals surface area contributed by atoms with E-state index < -0.39 is 0 Å². The van der Waals surface area contributed by atoms with Crippen molar-refractivity contribution in [3.05, 3.63) is 89.4 Å². The molecule has 0 radical (unpaired) electrons. The number of ether oxygens (including phenoxy) is 1. The van der Waals surface area contributed by atoms with E-state index in [0.717, 1.165) is 50.4 Å². The Morgan fingerprint density at radius 1 is 1.15 bits per heavy atom. The van der Waals surface area contributed by atoms with Crippen LogP contribution in [0.5, 0.6) is 5.75 Å². The highest BCUT2D eigenvalue weighted by molar-refractivity contribution is 5.94. The molecule has 4 rings (SSSR count). The van der Waals surface area contributed by atoms with E-state index in [0.29, 0.717) is 17.7 Å². The zero-order chi connectivity index (χ0) is 23.0. The number of rotatable bonds is 8. The third-order valence-electron chi connectivity index (χ3n) is 6.28. The molecular weight excluding hydrogens is 414 g/mol. The van der Waals surface area contributed by atoms with Gasteiger partial charge < -0.3 is 19.0 Å². The monoisotopic (exact) mass is 443 g/mol. The fourth-order valence-electron chi connectivity index (χ4n) is 4.36. The number of nitrogens with zero attached hydrogens (tertiary/aromatic N) is 3. The maximum Gasteiger partial charge on any atom is 0.254 e. The Morgan fingerprint density at radius 2 is 1.94 bits per heavy atom. The summed E-state index contributed by atoms with van der Waals surface area (Å²) in [5.41, 5.74) is 2.33. The molecule has 0 unspecified atom stereocenters. The molecule has 33 heavy (non-hydrogen) atoms. The van der Waals surface area contributed by atoms with Gasteiger partial charge in [-0.05, 0) is 67.3 Å². The van der Waals surface area contributed by atoms with Gasteiger partial charge >= 0.3 is 0 Å². The zero-order valence-corrected chi connectivity index (χ0v) is 18.9. The van der Waals surface area contributed by atoms with Gasteiger partial charge in [0, 0.05) is 31.2 Å². The highest BCUT2D eigenvalue weighted by Crippen LogP contribution is 2.23. The molecule has 1 saturated heterocycles. The van der Waals surface area contributed by atoms with Crippen molar-refractivity contribution >= 4 is 5.91 Å². The van der Waals surface area contributed by atoms with E-state index in [2.05, 4.69) is 23.1 Å². The first kappa shape index (κ1) is 22.6. The van der Waals surface area contributed by atoms with Crippen LogP contribution >= 0.6 is 0 Å². The quantitative estimate of drug-likeness (QED) is 0.512. The summed E-state index contributed by atoms with van der Waals surface area (Å²) in [5, 5.41) is 9.23. The average Bonchev–Trinajstić information content (AvgIpc) is 3.40. The highest BCUT2D eigenvalue weighted by Gasteiger charge is 2.29. The Morgan fingerprint density at radius 3 is 2.61 bits per heavy atom. The van der Waals surface area contributed by atoms with Gasteiger partial charge in [0.05, 0.1) is 31.6 Å². The Bertz CT molecular complexity index is 1080. The number of hydrogen-bond acceptors (Lipinski definition) is 5. The van der Waals surface area contributed by atoms with Gasteiger partial charge in [0.1, 0.15) is 11.5 Å². The topological polar surface area (TPSA) is 69.7 Å². The molecule has 1 aliphatic heterocycles. The molecule has 170 valence electrons. The van der Waals surface area contributed by atoms with Crippen molar-refractivity contribution in [1.29, 1.82) is 5.26 Å². The summed E-state index contributed by atoms with van der Waals surface area (Å²) in [4.78, 5) is 17.8. The molecule has 6 nitrogen and oxygen atoms in total. The number of hydrogen-bond donors (Lipinski definition) is 0. The number of carbonyl (C=O) groups is 1. The number of likely N-dealkylation sites (tertiary alicyclic amines) is 1. The molecule has 0 N–H and O–H groups in total. The molecule has 1 aliphatic rings. The largest absolute Gasteiger partial charge is 0.497 e. The molecular formula is C27H29N3O3. The summed E-state index contributed by atoms with van der Waals surface area (Å²) >= 11 is 0. The third kappa shape index (κ3) is 5.82. The Labute approximate surface area is 195 Å². The minimum absolute atomic E-state index is 0.0554. The molecule has 1 aromatic heterocycles. The smallest absolute Gasteiger partial charge is 0.254 e. The number of furan rings is 1. The molecule has 0 bridgehead atoms. The molecule has 0 atom stereocenters. The second-order valence-electron chi connectivity index (χ2n) is 8.38. The minimum atomic E-state index is -0.0554. The summed E-state index contributed by atoms with van der Waals surface area (Å²) < 4.78 is 10.8. The van der Waals surface area contributed by atoms with Gasteiger partial charge in [0.25, 0.3) is 5.91 Å². The fraction of sp³-hybridized carbons (Fsp3) is 0.333. The third-order valence-corrected chi connectivity index (χ3v) is 6.28. The van der Waals surface area contributed by atoms with Crippen LogP contribution in [0.2, 0.25) is 0 Å². The summed E-state index contributed by atoms with van der Waals surface area (Å²) in [6, 6.07) is 21.2. The first-order valence-electron chi connectivity index (χ1n) is 11.3. The number of piperidine rings is 1. The number of nitriles is 1. The van der Waals surface area contributed by atoms with Crippen LogP contribution in [0.1, 0.15) is 40.1 Å². The summed E-state index contributed by atoms with van der Waals surface area (Å²) in [6.07, 6.45) is 4.45. The lowest BCUT2D eigenvalue weighted by molar-refractivity contribution is 0.0532. The molecule has 6 heteroatoms. The van der Waals surface area contributed by atoms with Crippen molar-refractivity contribution in [2.75, 3.05) is 26.7 Å². The lowest BCUT2D eigenvalue weighted by atomic mass is 10.0. The lowest BCUT2D eigenvalue weighted by Gasteiger charge is -2.38. The lowest BCUT2D eigenvalue weighted by Crippen LogP contribution is -2.47. The van der Waals surface area contributed by atoms with Crippen LogP contribution in [0.4, 0.5) is 0 Å². The van der Waals surface area contributed by atoms with E-state index >= 15 is 0 Å². The van der Waals surface area contributed by atoms with E-state index in [1.165, 1.54) is 5.56 Å². The van der Waals surface area contributed by atoms with Crippen molar-refractivity contribution < 1.29 is 13.9 Å². The summed E-state index contributed by atoms with van der Waals surface area (Å²) in [5.74, 6) is 1.59. The second-order valence-corrected chi connectivity index (χ2v) is 8.38. The predicted molar refractivity (Wildman–Crippen MR) is 126 cm³/mol. The van der Waals surface area contributed by atoms with Crippen molar-refractivity contribution in [1.82, 2.24) is 9.80 Å². The molecule has 2 heterocycles. The van der Waals surface area contributed by atoms with Gasteiger partial charge in [-0.1, -0.05) is 18.2 Å². The van der Waals surface area contributed by atoms with Gasteiger partial charge in [0.2, 0.25) is 0 Å². The maximum absolute atomic E-state index is 13.4. The van der Waals surface area contributed by atoms with Gasteiger partial charge in [-0.25, -0.2) is 0 Å². The predicted octanol–water partition coefficient (Wildman–Crippen LogP) is 4.51. The molecule has 1 fully saturated rings. The SMILES string of the molecule is COc1ccc(CCN2CCC(N(Cc3ccco3)C(=O)c3cccc(C#N)c3)CC2)cc1. The Kier molecular flexibility index (Phi) is 7.43. The minimum Gasteiger partial charge on any atom is -0.497 e. The van der Waals surface area contributed by atoms with E-state index in [1.807, 2.05) is 29.2 Å². The molecule has 0 aliphatic carbocycles. The number of amides is 1. The zero-order valence-electron chi connectivity index (χ0n) is 18.9. The average molecular weight is 444 g/mol. The Balaban J connectivity index is 1.39. The van der Waals surface area contributed by atoms with Crippen molar-refractivity contribution in [3.8, 4) is 11.8 Å². The number of benzene rings is 2. The van der Waals surface area contributed by atoms with Crippen LogP contribution in [0.15, 0.2) is 71.3 Å². The number of carbonyl (C=O) groups excluding carboxylic acids is 1. The molecule has 0 spiro atoms. The van der Waals surface area contributed by atoms with Gasteiger partial charge in [-0.3, -0.25) is 4.79 Å². The second kappa shape index (κ2) is 10.8. The summed E-state index contributed by atoms with van der Waals surface area (Å²) in [7, 11) is 1.68. The van der Waals surface area contributed by atoms with E-state index in [1.54, 1.807) is 37.6 Å². The highest BCUT2D eigenvalue weighted by atomic mass is 16.5. The van der Waals surface area contributed by atoms with E-state index in [9.17, 15) is 10.1 Å². The van der Waals surface area contributed by atoms with Crippen LogP contribution in [-0.4, -0.2) is 48.5 Å². The first-order chi connectivity index (χ1) is 16.2. The number of methoxy groups -OCH3 is 1. The van der Waals surface area contributed by atoms with Crippen LogP contribution in [0.3, 0.4) is 0 Å². The van der Waals surface area contributed by atoms with E-state index in [4.69, 9.17) is 9.15 Å². The molecule has 2 aromatic carbocycles. The first-order valence-corrected chi connectivity index (χ1v) is 11.3. The van der Waals surface area contributed by atoms with Crippen molar-refractivity contribution in [2.45, 2.75) is 31.8 Å². The van der Waals surface area contributed by atoms with Crippen LogP contribution in [-0.2, 0) is 13.0 Å². The fourth-order valence-corrected chi connectivity index (χ4v) is 4.36. The van der Waals surface area contributed by atoms with Crippen LogP contribution in [0.25, 0.3) is 0 Å². The van der Waals surface area contributed by atoms with Gasteiger partial charge in [-0.2, -0.15) is 5.26 Å². The van der Waals surface area contributed by atoms with Crippen LogP contribution < -0.4 is 4.74 Å². The van der Waals surface area contributed by atoms with Gasteiger partial charge in [-0.15, -0.1) is 0 Å². The van der Waals surface area contributed by atoms with Crippen LogP contribution in [0, 0.1) is 11.3 Å². The molecule has 1 amide bonds. The Hall–Kier alpha value is -3.56. The normalized spacial score (nSPS) is 14.5. The van der Waals surface area contributed by atoms with Crippen molar-refractivity contribution in [2.24, 2.45) is 0 Å².